The molecule has 0 unspecified atom stereocenters. The number of esters is 1. The summed E-state index contributed by atoms with van der Waals surface area (Å²) in [5, 5.41) is 139. The normalized spacial score (nSPS) is 54.8. The van der Waals surface area contributed by atoms with E-state index in [0.29, 0.717) is 38.5 Å². The highest BCUT2D eigenvalue weighted by Crippen LogP contribution is 2.76. The molecule has 13 N–H and O–H groups in total. The molecule has 9 rings (SSSR count). The standard InChI is InChI=1S/C53H86O22/c1-23-32(57)38(63)42(74-44-39(64)33(58)26(56)20-68-44)46(70-23)73-31-11-12-49(4)29(50(31,5)22-55)10-13-52(7)30(49)9-8-24-25-18-48(2,3)14-16-53(25,17-15-51(24,52)6)47(67)75-45-41(66)37(62)35(60)28(72-45)21-69-43-40(65)36(61)34(59)27(19-54)71-43/h8,23,25-46,54-66H,9-22H2,1-7H3/t23-,25-,26-,27+,28+,29+,30+,31-,32-,33-,34+,35+,36-,37-,38+,39+,40+,41+,42+,43+,44-,45-,46-,49-,50-,51+,52+,53-/m0/s1. The van der Waals surface area contributed by atoms with Crippen molar-refractivity contribution in [1.82, 2.24) is 0 Å². The third-order valence-corrected chi connectivity index (χ3v) is 21.1. The second kappa shape index (κ2) is 21.1. The third kappa shape index (κ3) is 9.50. The lowest BCUT2D eigenvalue weighted by Gasteiger charge is -2.71. The summed E-state index contributed by atoms with van der Waals surface area (Å²) in [5.74, 6) is -0.738. The van der Waals surface area contributed by atoms with Crippen LogP contribution in [0.25, 0.3) is 0 Å². The Morgan fingerprint density at radius 3 is 1.96 bits per heavy atom. The molecule has 4 aliphatic heterocycles. The summed E-state index contributed by atoms with van der Waals surface area (Å²) in [4.78, 5) is 15.1. The maximum Gasteiger partial charge on any atom is 0.315 e. The monoisotopic (exact) mass is 1070 g/mol. The van der Waals surface area contributed by atoms with Crippen LogP contribution in [-0.4, -0.2) is 222 Å². The summed E-state index contributed by atoms with van der Waals surface area (Å²) in [5.41, 5.74) is -1.72. The van der Waals surface area contributed by atoms with E-state index in [1.807, 2.05) is 6.92 Å². The summed E-state index contributed by atoms with van der Waals surface area (Å²) in [7, 11) is 0. The molecular formula is C53H86O22. The fourth-order valence-corrected chi connectivity index (χ4v) is 16.1. The molecule has 0 radical (unpaired) electrons. The van der Waals surface area contributed by atoms with E-state index >= 15 is 4.79 Å². The highest BCUT2D eigenvalue weighted by molar-refractivity contribution is 5.79. The number of hydrogen-bond donors (Lipinski definition) is 13. The average Bonchev–Trinajstić information content (AvgIpc) is 3.38. The van der Waals surface area contributed by atoms with Gasteiger partial charge >= 0.3 is 5.97 Å². The van der Waals surface area contributed by atoms with Crippen LogP contribution in [0.3, 0.4) is 0 Å². The molecule has 0 aromatic heterocycles. The Kier molecular flexibility index (Phi) is 16.3. The molecule has 0 aromatic carbocycles. The first-order valence-corrected chi connectivity index (χ1v) is 27.3. The minimum Gasteiger partial charge on any atom is -0.432 e. The molecule has 4 heterocycles. The van der Waals surface area contributed by atoms with E-state index in [4.69, 9.17) is 37.9 Å². The maximum absolute atomic E-state index is 15.1. The molecule has 22 heteroatoms. The Bertz CT molecular complexity index is 2060. The second-order valence-electron chi connectivity index (χ2n) is 25.7. The number of carbonyl (C=O) groups excluding carboxylic acids is 1. The minimum absolute atomic E-state index is 0.0464. The van der Waals surface area contributed by atoms with Crippen LogP contribution in [0.1, 0.15) is 113 Å². The van der Waals surface area contributed by atoms with Gasteiger partial charge in [-0.1, -0.05) is 53.2 Å². The van der Waals surface area contributed by atoms with Crippen LogP contribution in [0.2, 0.25) is 0 Å². The van der Waals surface area contributed by atoms with Crippen LogP contribution in [0.15, 0.2) is 11.6 Å². The van der Waals surface area contributed by atoms with Gasteiger partial charge in [-0.2, -0.15) is 0 Å². The summed E-state index contributed by atoms with van der Waals surface area (Å²) < 4.78 is 47.6. The van der Waals surface area contributed by atoms with Gasteiger partial charge in [-0.3, -0.25) is 4.79 Å². The van der Waals surface area contributed by atoms with Crippen molar-refractivity contribution in [3.63, 3.8) is 0 Å². The molecule has 75 heavy (non-hydrogen) atoms. The van der Waals surface area contributed by atoms with Gasteiger partial charge in [0, 0.05) is 5.41 Å². The van der Waals surface area contributed by atoms with Crippen LogP contribution in [0.5, 0.6) is 0 Å². The van der Waals surface area contributed by atoms with Crippen molar-refractivity contribution in [2.45, 2.75) is 235 Å². The van der Waals surface area contributed by atoms with Gasteiger partial charge < -0.3 is 104 Å². The maximum atomic E-state index is 15.1. The van der Waals surface area contributed by atoms with E-state index in [1.165, 1.54) is 5.57 Å². The van der Waals surface area contributed by atoms with Gasteiger partial charge in [0.05, 0.1) is 44.1 Å². The number of aliphatic hydroxyl groups is 13. The Morgan fingerprint density at radius 2 is 1.28 bits per heavy atom. The van der Waals surface area contributed by atoms with Gasteiger partial charge in [-0.15, -0.1) is 0 Å². The molecule has 8 fully saturated rings. The van der Waals surface area contributed by atoms with Crippen molar-refractivity contribution in [2.24, 2.45) is 50.2 Å². The van der Waals surface area contributed by atoms with Crippen LogP contribution in [0.4, 0.5) is 0 Å². The molecule has 0 spiro atoms. The third-order valence-electron chi connectivity index (χ3n) is 21.1. The number of ether oxygens (including phenoxy) is 8. The van der Waals surface area contributed by atoms with E-state index in [-0.39, 0.29) is 52.6 Å². The van der Waals surface area contributed by atoms with Gasteiger partial charge in [0.15, 0.2) is 18.9 Å². The molecule has 4 saturated carbocycles. The topological polar surface area (TPSA) is 354 Å². The van der Waals surface area contributed by atoms with Crippen LogP contribution < -0.4 is 0 Å². The Labute approximate surface area is 437 Å². The fraction of sp³-hybridized carbons (Fsp3) is 0.943. The predicted molar refractivity (Wildman–Crippen MR) is 257 cm³/mol. The molecule has 9 aliphatic rings. The number of rotatable bonds is 11. The number of fused-ring (bicyclic) bond motifs is 7. The summed E-state index contributed by atoms with van der Waals surface area (Å²) >= 11 is 0. The van der Waals surface area contributed by atoms with Gasteiger partial charge in [-0.05, 0) is 111 Å². The molecule has 430 valence electrons. The second-order valence-corrected chi connectivity index (χ2v) is 25.7. The Balaban J connectivity index is 0.936. The van der Waals surface area contributed by atoms with E-state index in [0.717, 1.165) is 25.7 Å². The largest absolute Gasteiger partial charge is 0.432 e. The van der Waals surface area contributed by atoms with Crippen molar-refractivity contribution >= 4 is 5.97 Å². The van der Waals surface area contributed by atoms with Crippen molar-refractivity contribution in [1.29, 1.82) is 0 Å². The molecule has 28 atom stereocenters. The number of hydrogen-bond acceptors (Lipinski definition) is 22. The number of carbonyl (C=O) groups is 1. The lowest BCUT2D eigenvalue weighted by molar-refractivity contribution is -0.368. The van der Waals surface area contributed by atoms with E-state index in [9.17, 15) is 66.4 Å². The van der Waals surface area contributed by atoms with Gasteiger partial charge in [-0.25, -0.2) is 0 Å². The predicted octanol–water partition coefficient (Wildman–Crippen LogP) is -1.40. The molecule has 4 saturated heterocycles. The highest BCUT2D eigenvalue weighted by atomic mass is 16.8. The highest BCUT2D eigenvalue weighted by Gasteiger charge is 2.71. The minimum atomic E-state index is -1.84. The molecule has 0 amide bonds. The fourth-order valence-electron chi connectivity index (χ4n) is 16.1. The molecule has 5 aliphatic carbocycles. The van der Waals surface area contributed by atoms with Crippen molar-refractivity contribution < 1.29 is 109 Å². The summed E-state index contributed by atoms with van der Waals surface area (Å²) in [6.07, 6.45) is -20.8. The lowest BCUT2D eigenvalue weighted by Crippen LogP contribution is -2.67. The first-order chi connectivity index (χ1) is 35.1. The lowest BCUT2D eigenvalue weighted by atomic mass is 9.33. The Hall–Kier alpha value is -1.59. The van der Waals surface area contributed by atoms with Crippen LogP contribution in [0, 0.1) is 50.2 Å². The van der Waals surface area contributed by atoms with Gasteiger partial charge in [0.1, 0.15) is 85.5 Å². The van der Waals surface area contributed by atoms with E-state index in [1.54, 1.807) is 6.92 Å². The van der Waals surface area contributed by atoms with E-state index < -0.39 is 153 Å². The van der Waals surface area contributed by atoms with Crippen molar-refractivity contribution in [2.75, 3.05) is 26.4 Å². The molecule has 0 aromatic rings. The van der Waals surface area contributed by atoms with Gasteiger partial charge in [0.2, 0.25) is 6.29 Å². The average molecular weight is 1080 g/mol. The van der Waals surface area contributed by atoms with Crippen molar-refractivity contribution in [3.05, 3.63) is 11.6 Å². The molecule has 0 bridgehead atoms. The quantitative estimate of drug-likeness (QED) is 0.0643. The zero-order valence-corrected chi connectivity index (χ0v) is 44.2. The summed E-state index contributed by atoms with van der Waals surface area (Å²) in [6.45, 7) is 13.2. The number of aliphatic hydroxyl groups excluding tert-OH is 13. The first kappa shape index (κ1) is 58.1. The molecular weight excluding hydrogens is 989 g/mol. The number of allylic oxidation sites excluding steroid dienone is 2. The SMILES string of the molecule is C[C@@H]1O[C@@H](O[C@H]2CC[C@@]3(C)[C@@H](CC[C@]4(C)[C@@H]3CC=C3[C@@H]5CC(C)(C)CC[C@]5(C(=O)O[C@@H]5O[C@H](CO[C@@H]6O[C@H](CO)[C@@H](O)[C@H](O)[C@H]6O)[C@@H](O)[C@H](O)[C@H]5O)CC[C@]34C)[C@]2(C)CO)[C@H](O[C@@H]2OC[C@H](O)[C@H](O)[C@H]2O)[C@H](O)[C@H]1O. The van der Waals surface area contributed by atoms with Gasteiger partial charge in [0.25, 0.3) is 0 Å². The smallest absolute Gasteiger partial charge is 0.315 e. The molecule has 22 nitrogen and oxygen atoms in total. The van der Waals surface area contributed by atoms with Crippen LogP contribution in [-0.2, 0) is 42.7 Å². The zero-order chi connectivity index (χ0) is 54.7. The first-order valence-electron chi connectivity index (χ1n) is 27.3. The Morgan fingerprint density at radius 1 is 0.640 bits per heavy atom. The van der Waals surface area contributed by atoms with Crippen LogP contribution >= 0.6 is 0 Å². The zero-order valence-electron chi connectivity index (χ0n) is 44.2. The van der Waals surface area contributed by atoms with E-state index in [2.05, 4.69) is 40.7 Å². The summed E-state index contributed by atoms with van der Waals surface area (Å²) in [6, 6.07) is 0. The van der Waals surface area contributed by atoms with Crippen molar-refractivity contribution in [3.8, 4) is 0 Å².